The van der Waals surface area contributed by atoms with Crippen LogP contribution < -0.4 is 10.6 Å². The molecule has 0 spiro atoms. The fourth-order valence-corrected chi connectivity index (χ4v) is 1.88. The number of amides is 2. The number of hydrogen-bond donors (Lipinski definition) is 2. The molecule has 19 heavy (non-hydrogen) atoms. The molecule has 2 rings (SSSR count). The third-order valence-corrected chi connectivity index (χ3v) is 2.82. The van der Waals surface area contributed by atoms with Crippen molar-refractivity contribution in [3.63, 3.8) is 0 Å². The van der Waals surface area contributed by atoms with Gasteiger partial charge in [-0.05, 0) is 12.5 Å². The lowest BCUT2D eigenvalue weighted by atomic mass is 10.1. The molecule has 0 aliphatic carbocycles. The Morgan fingerprint density at radius 3 is 2.95 bits per heavy atom. The molecule has 0 unspecified atom stereocenters. The molecule has 2 amide bonds. The average Bonchev–Trinajstić information content (AvgIpc) is 2.82. The van der Waals surface area contributed by atoms with Crippen LogP contribution >= 0.6 is 0 Å². The normalized spacial score (nSPS) is 10.3. The third kappa shape index (κ3) is 3.58. The zero-order chi connectivity index (χ0) is 13.5. The fraction of sp³-hybridized carbons (Fsp3) is 0.286. The molecule has 1 aromatic heterocycles. The molecule has 100 valence electrons. The second-order valence-corrected chi connectivity index (χ2v) is 4.21. The van der Waals surface area contributed by atoms with Gasteiger partial charge in [0.05, 0.1) is 12.7 Å². The number of furan rings is 1. The number of carbonyl (C=O) groups is 2. The molecule has 0 aliphatic heterocycles. The summed E-state index contributed by atoms with van der Waals surface area (Å²) in [7, 11) is 0. The van der Waals surface area contributed by atoms with Gasteiger partial charge in [0.2, 0.25) is 12.3 Å². The summed E-state index contributed by atoms with van der Waals surface area (Å²) in [4.78, 5) is 21.8. The molecule has 1 heterocycles. The standard InChI is InChI=1S/C14H16N2O3/c17-10-15-6-3-7-16-14(18)8-11-9-19-13-5-2-1-4-12(11)13/h1-2,4-5,9-10H,3,6-8H2,(H,15,17)(H,16,18). The Morgan fingerprint density at radius 1 is 1.26 bits per heavy atom. The third-order valence-electron chi connectivity index (χ3n) is 2.82. The molecule has 0 aliphatic rings. The molecule has 5 nitrogen and oxygen atoms in total. The minimum absolute atomic E-state index is 0.0438. The van der Waals surface area contributed by atoms with Crippen LogP contribution in [-0.4, -0.2) is 25.4 Å². The second-order valence-electron chi connectivity index (χ2n) is 4.21. The van der Waals surface area contributed by atoms with Gasteiger partial charge in [-0.1, -0.05) is 18.2 Å². The van der Waals surface area contributed by atoms with E-state index in [9.17, 15) is 9.59 Å². The molecule has 2 N–H and O–H groups in total. The zero-order valence-electron chi connectivity index (χ0n) is 10.5. The van der Waals surface area contributed by atoms with Crippen LogP contribution in [0.1, 0.15) is 12.0 Å². The smallest absolute Gasteiger partial charge is 0.224 e. The summed E-state index contributed by atoms with van der Waals surface area (Å²) in [6.07, 6.45) is 3.30. The SMILES string of the molecule is O=CNCCCNC(=O)Cc1coc2ccccc12. The molecule has 0 atom stereocenters. The second kappa shape index (κ2) is 6.58. The minimum Gasteiger partial charge on any atom is -0.464 e. The first-order chi connectivity index (χ1) is 9.31. The van der Waals surface area contributed by atoms with Gasteiger partial charge >= 0.3 is 0 Å². The molecular weight excluding hydrogens is 244 g/mol. The van der Waals surface area contributed by atoms with Crippen molar-refractivity contribution in [1.82, 2.24) is 10.6 Å². The fourth-order valence-electron chi connectivity index (χ4n) is 1.88. The van der Waals surface area contributed by atoms with Gasteiger partial charge in [0, 0.05) is 24.0 Å². The topological polar surface area (TPSA) is 71.3 Å². The molecule has 1 aromatic carbocycles. The van der Waals surface area contributed by atoms with E-state index in [0.717, 1.165) is 23.0 Å². The summed E-state index contributed by atoms with van der Waals surface area (Å²) in [5.41, 5.74) is 1.68. The van der Waals surface area contributed by atoms with Gasteiger partial charge in [-0.3, -0.25) is 9.59 Å². The number of benzene rings is 1. The molecular formula is C14H16N2O3. The van der Waals surface area contributed by atoms with E-state index >= 15 is 0 Å². The summed E-state index contributed by atoms with van der Waals surface area (Å²) < 4.78 is 5.38. The van der Waals surface area contributed by atoms with Crippen LogP contribution in [0.5, 0.6) is 0 Å². The first-order valence-electron chi connectivity index (χ1n) is 6.20. The average molecular weight is 260 g/mol. The van der Waals surface area contributed by atoms with Gasteiger partial charge in [-0.15, -0.1) is 0 Å². The van der Waals surface area contributed by atoms with Crippen LogP contribution in [0.4, 0.5) is 0 Å². The summed E-state index contributed by atoms with van der Waals surface area (Å²) in [6, 6.07) is 7.64. The highest BCUT2D eigenvalue weighted by Crippen LogP contribution is 2.20. The van der Waals surface area contributed by atoms with Crippen LogP contribution in [0, 0.1) is 0 Å². The Morgan fingerprint density at radius 2 is 2.11 bits per heavy atom. The molecule has 0 radical (unpaired) electrons. The van der Waals surface area contributed by atoms with E-state index < -0.39 is 0 Å². The quantitative estimate of drug-likeness (QED) is 0.581. The predicted molar refractivity (Wildman–Crippen MR) is 71.6 cm³/mol. The van der Waals surface area contributed by atoms with E-state index in [-0.39, 0.29) is 5.91 Å². The van der Waals surface area contributed by atoms with E-state index in [2.05, 4.69) is 10.6 Å². The van der Waals surface area contributed by atoms with Crippen LogP contribution in [-0.2, 0) is 16.0 Å². The Balaban J connectivity index is 1.83. The maximum atomic E-state index is 11.7. The van der Waals surface area contributed by atoms with Crippen molar-refractivity contribution >= 4 is 23.3 Å². The summed E-state index contributed by atoms with van der Waals surface area (Å²) in [5.74, 6) is -0.0438. The maximum absolute atomic E-state index is 11.7. The van der Waals surface area contributed by atoms with Crippen molar-refractivity contribution in [1.29, 1.82) is 0 Å². The predicted octanol–water partition coefficient (Wildman–Crippen LogP) is 1.23. The van der Waals surface area contributed by atoms with Crippen molar-refractivity contribution in [2.24, 2.45) is 0 Å². The number of rotatable bonds is 7. The highest BCUT2D eigenvalue weighted by atomic mass is 16.3. The van der Waals surface area contributed by atoms with Gasteiger partial charge in [0.15, 0.2) is 0 Å². The lowest BCUT2D eigenvalue weighted by Crippen LogP contribution is -2.28. The summed E-state index contributed by atoms with van der Waals surface area (Å²) in [5, 5.41) is 6.33. The van der Waals surface area contributed by atoms with Crippen LogP contribution in [0.3, 0.4) is 0 Å². The van der Waals surface area contributed by atoms with E-state index in [1.54, 1.807) is 6.26 Å². The van der Waals surface area contributed by atoms with Crippen molar-refractivity contribution in [2.45, 2.75) is 12.8 Å². The highest BCUT2D eigenvalue weighted by molar-refractivity contribution is 5.87. The monoisotopic (exact) mass is 260 g/mol. The largest absolute Gasteiger partial charge is 0.464 e. The zero-order valence-corrected chi connectivity index (χ0v) is 10.5. The summed E-state index contributed by atoms with van der Waals surface area (Å²) >= 11 is 0. The van der Waals surface area contributed by atoms with E-state index in [4.69, 9.17) is 4.42 Å². The van der Waals surface area contributed by atoms with Gasteiger partial charge in [0.1, 0.15) is 5.58 Å². The summed E-state index contributed by atoms with van der Waals surface area (Å²) in [6.45, 7) is 1.12. The molecule has 0 bridgehead atoms. The number of carbonyl (C=O) groups excluding carboxylic acids is 2. The van der Waals surface area contributed by atoms with E-state index in [1.165, 1.54) is 0 Å². The molecule has 0 fully saturated rings. The first-order valence-corrected chi connectivity index (χ1v) is 6.20. The minimum atomic E-state index is -0.0438. The molecule has 0 saturated carbocycles. The van der Waals surface area contributed by atoms with Crippen molar-refractivity contribution in [3.8, 4) is 0 Å². The van der Waals surface area contributed by atoms with Crippen molar-refractivity contribution in [2.75, 3.05) is 13.1 Å². The van der Waals surface area contributed by atoms with E-state index in [0.29, 0.717) is 25.9 Å². The lowest BCUT2D eigenvalue weighted by molar-refractivity contribution is -0.120. The van der Waals surface area contributed by atoms with Crippen LogP contribution in [0.15, 0.2) is 34.9 Å². The van der Waals surface area contributed by atoms with Gasteiger partial charge in [-0.2, -0.15) is 0 Å². The Kier molecular flexibility index (Phi) is 4.55. The Labute approximate surface area is 111 Å². The van der Waals surface area contributed by atoms with Gasteiger partial charge in [0.25, 0.3) is 0 Å². The number of fused-ring (bicyclic) bond motifs is 1. The van der Waals surface area contributed by atoms with E-state index in [1.807, 2.05) is 24.3 Å². The van der Waals surface area contributed by atoms with Gasteiger partial charge < -0.3 is 15.1 Å². The molecule has 2 aromatic rings. The van der Waals surface area contributed by atoms with Crippen LogP contribution in [0.25, 0.3) is 11.0 Å². The first kappa shape index (κ1) is 13.1. The van der Waals surface area contributed by atoms with Crippen LogP contribution in [0.2, 0.25) is 0 Å². The molecule has 0 saturated heterocycles. The lowest BCUT2D eigenvalue weighted by Gasteiger charge is -2.03. The Bertz CT molecular complexity index is 563. The number of nitrogens with one attached hydrogen (secondary N) is 2. The Hall–Kier alpha value is -2.30. The highest BCUT2D eigenvalue weighted by Gasteiger charge is 2.09. The molecule has 5 heteroatoms. The van der Waals surface area contributed by atoms with Gasteiger partial charge in [-0.25, -0.2) is 0 Å². The van der Waals surface area contributed by atoms with Crippen molar-refractivity contribution < 1.29 is 14.0 Å². The number of para-hydroxylation sites is 1. The number of hydrogen-bond acceptors (Lipinski definition) is 3. The van der Waals surface area contributed by atoms with Crippen molar-refractivity contribution in [3.05, 3.63) is 36.1 Å². The maximum Gasteiger partial charge on any atom is 0.224 e.